The average Bonchev–Trinajstić information content (AvgIpc) is 0.717. The number of ether oxygens (including phenoxy) is 7. The zero-order chi connectivity index (χ0) is 104. The molecule has 145 heavy (non-hydrogen) atoms. The molecular weight excluding hydrogens is 2000 g/mol. The lowest BCUT2D eigenvalue weighted by molar-refractivity contribution is -0.432. The highest BCUT2D eigenvalue weighted by Crippen LogP contribution is 2.59. The van der Waals surface area contributed by atoms with Gasteiger partial charge in [0.05, 0.1) is 45.9 Å². The highest BCUT2D eigenvalue weighted by Gasteiger charge is 2.74. The summed E-state index contributed by atoms with van der Waals surface area (Å²) in [5.41, 5.74) is -10.4. The van der Waals surface area contributed by atoms with Crippen LogP contribution >= 0.6 is 24.1 Å². The molecule has 0 atom stereocenters. The Labute approximate surface area is 825 Å². The molecule has 746 valence electrons. The number of carbonyl (C=O) groups is 4. The molecule has 0 unspecified atom stereocenters. The van der Waals surface area contributed by atoms with Crippen LogP contribution in [0.15, 0.2) is 365 Å². The van der Waals surface area contributed by atoms with Crippen LogP contribution in [0.4, 0.5) is 57.1 Å². The summed E-state index contributed by atoms with van der Waals surface area (Å²) in [5, 5.41) is 25.1. The molecule has 0 bridgehead atoms. The Morgan fingerprint density at radius 1 is 0.290 bits per heavy atom. The molecule has 0 heterocycles. The van der Waals surface area contributed by atoms with Crippen molar-refractivity contribution in [2.75, 3.05) is 7.11 Å². The molecule has 0 saturated carbocycles. The Bertz CT molecular complexity index is 7410. The normalized spacial score (nSPS) is 12.1. The van der Waals surface area contributed by atoms with E-state index < -0.39 is 116 Å². The van der Waals surface area contributed by atoms with Crippen LogP contribution in [0.1, 0.15) is 116 Å². The third-order valence-corrected chi connectivity index (χ3v) is 25.7. The van der Waals surface area contributed by atoms with Crippen LogP contribution in [-0.2, 0) is 55.2 Å². The van der Waals surface area contributed by atoms with Crippen molar-refractivity contribution >= 4 is 67.5 Å². The van der Waals surface area contributed by atoms with Gasteiger partial charge in [-0.2, -0.15) is 69.5 Å². The third kappa shape index (κ3) is 24.1. The number of carbonyl (C=O) groups excluding carboxylic acids is 4. The SMILES string of the molecule is COc1ccc(C(c2ccc(Oc3ccc(C(=O)c4ccc(Oc5ccc(C(C)(C)c6ccc(Oc7ccc(C(=O)c8cccc(S(=O)(=O)O)c8)cc7SOOO)cc6)cc5)cc4)cc3)cc2)(C(F)(F)F)C(F)(F)F)cc1.Cc1ccc(Oc2ccc(C(=O)c3ccc(Oc4ccc(C(c5ccc(Oc6ccc(C(=O)c7ccc(F)cc7)cc6)cc5)(C(F)(F)F)C(F)(F)F)cc4)c(SOOO)c3)cc2S(=O)(=O)O)cc1. The van der Waals surface area contributed by atoms with Crippen LogP contribution in [0.5, 0.6) is 74.7 Å². The number of benzene rings is 15. The van der Waals surface area contributed by atoms with Crippen molar-refractivity contribution in [3.63, 3.8) is 0 Å². The maximum Gasteiger partial charge on any atom is 0.411 e. The van der Waals surface area contributed by atoms with Crippen molar-refractivity contribution in [3.8, 4) is 74.7 Å². The van der Waals surface area contributed by atoms with Gasteiger partial charge in [-0.25, -0.2) is 14.9 Å². The monoisotopic (exact) mass is 2080 g/mol. The molecule has 0 fully saturated rings. The first-order chi connectivity index (χ1) is 68.7. The van der Waals surface area contributed by atoms with Crippen LogP contribution in [0.3, 0.4) is 0 Å². The summed E-state index contributed by atoms with van der Waals surface area (Å²) in [6.07, 6.45) is -23.4. The Morgan fingerprint density at radius 3 is 0.848 bits per heavy atom. The lowest BCUT2D eigenvalue weighted by Crippen LogP contribution is -2.54. The number of hydrogen-bond acceptors (Lipinski definition) is 23. The topological polar surface area (TPSA) is 319 Å². The molecule has 23 nitrogen and oxygen atoms in total. The van der Waals surface area contributed by atoms with E-state index in [1.165, 1.54) is 116 Å². The summed E-state index contributed by atoms with van der Waals surface area (Å²) in [6, 6.07) is 72.8. The zero-order valence-corrected chi connectivity index (χ0v) is 78.3. The molecule has 0 spiro atoms. The van der Waals surface area contributed by atoms with Crippen LogP contribution < -0.4 is 33.2 Å². The molecule has 40 heteroatoms. The van der Waals surface area contributed by atoms with Crippen LogP contribution in [0, 0.1) is 12.7 Å². The predicted octanol–water partition coefficient (Wildman–Crippen LogP) is 28.0. The van der Waals surface area contributed by atoms with Gasteiger partial charge < -0.3 is 33.2 Å². The van der Waals surface area contributed by atoms with Crippen molar-refractivity contribution < 1.29 is 165 Å². The fourth-order valence-corrected chi connectivity index (χ4v) is 17.4. The molecule has 0 aliphatic heterocycles. The Kier molecular flexibility index (Phi) is 31.8. The number of rotatable bonds is 35. The van der Waals surface area contributed by atoms with Gasteiger partial charge in [-0.1, -0.05) is 127 Å². The number of halogens is 13. The molecule has 15 aromatic carbocycles. The van der Waals surface area contributed by atoms with Gasteiger partial charge in [0.1, 0.15) is 85.5 Å². The Morgan fingerprint density at radius 2 is 0.545 bits per heavy atom. The first kappa shape index (κ1) is 106. The van der Waals surface area contributed by atoms with Crippen molar-refractivity contribution in [2.45, 2.75) is 81.3 Å². The van der Waals surface area contributed by atoms with Gasteiger partial charge in [0.15, 0.2) is 23.1 Å². The lowest BCUT2D eigenvalue weighted by Gasteiger charge is -2.38. The summed E-state index contributed by atoms with van der Waals surface area (Å²) < 4.78 is 307. The Balaban J connectivity index is 0.000000231. The summed E-state index contributed by atoms with van der Waals surface area (Å²) >= 11 is 0.839. The fourth-order valence-electron chi connectivity index (χ4n) is 15.3. The molecule has 4 N–H and O–H groups in total. The maximum absolute atomic E-state index is 15.0. The van der Waals surface area contributed by atoms with Crippen molar-refractivity contribution in [2.24, 2.45) is 0 Å². The lowest BCUT2D eigenvalue weighted by atomic mass is 9.73. The quantitative estimate of drug-likeness (QED) is 0.00716. The molecule has 0 radical (unpaired) electrons. The predicted molar refractivity (Wildman–Crippen MR) is 501 cm³/mol. The van der Waals surface area contributed by atoms with Crippen molar-refractivity contribution in [1.29, 1.82) is 0 Å². The number of aryl methyl sites for hydroxylation is 1. The highest BCUT2D eigenvalue weighted by atomic mass is 32.2. The summed E-state index contributed by atoms with van der Waals surface area (Å²) in [6.45, 7) is 5.90. The minimum absolute atomic E-state index is 0.00311. The molecular formula is C105H73F13O23S4. The van der Waals surface area contributed by atoms with Gasteiger partial charge in [0, 0.05) is 49.9 Å². The minimum atomic E-state index is -5.95. The zero-order valence-electron chi connectivity index (χ0n) is 75.0. The standard InChI is InChI=1S/C57H42F6O12S2.C48H31F7O11S2/c1-54(2,40-14-28-48(29-15-40)73-50-32-11-38(34-51(50)76-75-74-66)53(65)37-5-4-6-49(33-37)77(67,68)69)39-12-26-46(27-13-39)71-44-20-7-35(8-21-44)52(64)36-9-22-45(23-10-36)72-47-30-18-42(19-31-47)55(56(58,59)60,57(61,62)63)41-16-24-43(70-3)25-17-41;1-28-2-16-38(17-3-28)64-41-25-9-32(27-43(41)68(59,60)61)45(57)31-8-24-40(42(26-31)67-66-65-58)63-39-22-12-34(13-23-39)46(47(50,51)52,48(53,54)55)33-10-20-37(21-11-33)62-36-18-6-30(7-19-36)44(56)29-4-14-35(49)15-5-29/h4-34,66H,1-3H3,(H,67,68,69);2-27,58H,1H3,(H,59,60,61). The third-order valence-electron chi connectivity index (χ3n) is 22.7. The van der Waals surface area contributed by atoms with Gasteiger partial charge >= 0.3 is 24.7 Å². The van der Waals surface area contributed by atoms with Gasteiger partial charge in [-0.3, -0.25) is 28.3 Å². The molecule has 0 aliphatic carbocycles. The van der Waals surface area contributed by atoms with E-state index in [0.29, 0.717) is 59.1 Å². The molecule has 0 saturated heterocycles. The van der Waals surface area contributed by atoms with Gasteiger partial charge in [-0.15, -0.1) is 8.67 Å². The smallest absolute Gasteiger partial charge is 0.411 e. The molecule has 15 rings (SSSR count). The van der Waals surface area contributed by atoms with Gasteiger partial charge in [-0.05, 0) is 289 Å². The average molecular weight is 2080 g/mol. The molecule has 0 aromatic heterocycles. The molecule has 0 amide bonds. The largest absolute Gasteiger partial charge is 0.497 e. The number of ketones is 4. The van der Waals surface area contributed by atoms with E-state index >= 15 is 26.3 Å². The van der Waals surface area contributed by atoms with Gasteiger partial charge in [0.25, 0.3) is 20.2 Å². The highest BCUT2D eigenvalue weighted by molar-refractivity contribution is 7.95. The van der Waals surface area contributed by atoms with Crippen LogP contribution in [0.25, 0.3) is 0 Å². The molecule has 15 aromatic rings. The molecule has 0 aliphatic rings. The second kappa shape index (κ2) is 43.6. The second-order valence-electron chi connectivity index (χ2n) is 32.2. The van der Waals surface area contributed by atoms with Crippen LogP contribution in [-0.4, -0.2) is 91.4 Å². The Hall–Kier alpha value is -15.1. The van der Waals surface area contributed by atoms with E-state index in [1.54, 1.807) is 60.7 Å². The van der Waals surface area contributed by atoms with Crippen molar-refractivity contribution in [3.05, 3.63) is 435 Å². The summed E-state index contributed by atoms with van der Waals surface area (Å²) in [4.78, 5) is 51.9. The van der Waals surface area contributed by atoms with E-state index in [4.69, 9.17) is 43.7 Å². The fraction of sp³-hybridized carbons (Fsp3) is 0.105. The first-order valence-electron chi connectivity index (χ1n) is 42.3. The number of alkyl halides is 12. The summed E-state index contributed by atoms with van der Waals surface area (Å²) in [7, 11) is -8.25. The van der Waals surface area contributed by atoms with Gasteiger partial charge in [0.2, 0.25) is 10.8 Å². The minimum Gasteiger partial charge on any atom is -0.497 e. The second-order valence-corrected chi connectivity index (χ2v) is 36.5. The van der Waals surface area contributed by atoms with E-state index in [1.807, 2.05) is 57.2 Å². The number of hydrogen-bond donors (Lipinski definition) is 4. The first-order valence-corrected chi connectivity index (χ1v) is 46.6. The van der Waals surface area contributed by atoms with E-state index in [9.17, 15) is 75.9 Å². The summed E-state index contributed by atoms with van der Waals surface area (Å²) in [5.74, 6) is -1.39. The van der Waals surface area contributed by atoms with Crippen molar-refractivity contribution in [1.82, 2.24) is 0 Å². The maximum atomic E-state index is 15.0. The van der Waals surface area contributed by atoms with E-state index in [0.717, 1.165) is 132 Å². The number of methoxy groups -OCH3 is 1. The van der Waals surface area contributed by atoms with E-state index in [-0.39, 0.29) is 124 Å². The van der Waals surface area contributed by atoms with Crippen LogP contribution in [0.2, 0.25) is 0 Å². The van der Waals surface area contributed by atoms with E-state index in [2.05, 4.69) is 18.7 Å².